The molecular weight excluding hydrogens is 256 g/mol. The lowest BCUT2D eigenvalue weighted by atomic mass is 9.91. The molecular formula is C16H17ClN2. The van der Waals surface area contributed by atoms with E-state index in [-0.39, 0.29) is 0 Å². The number of aryl methyl sites for hydroxylation is 1. The van der Waals surface area contributed by atoms with Gasteiger partial charge in [0.25, 0.3) is 0 Å². The molecule has 0 amide bonds. The number of anilines is 1. The predicted octanol–water partition coefficient (Wildman–Crippen LogP) is 4.53. The quantitative estimate of drug-likeness (QED) is 0.869. The number of hydrogen-bond acceptors (Lipinski definition) is 2. The second-order valence-corrected chi connectivity index (χ2v) is 5.46. The maximum Gasteiger partial charge on any atom is 0.0688 e. The van der Waals surface area contributed by atoms with E-state index in [9.17, 15) is 0 Å². The van der Waals surface area contributed by atoms with E-state index in [0.717, 1.165) is 29.1 Å². The molecule has 1 unspecified atom stereocenters. The van der Waals surface area contributed by atoms with Crippen LogP contribution in [0.4, 0.5) is 5.69 Å². The van der Waals surface area contributed by atoms with Gasteiger partial charge in [-0.2, -0.15) is 0 Å². The average Bonchev–Trinajstić information content (AvgIpc) is 2.44. The summed E-state index contributed by atoms with van der Waals surface area (Å²) < 4.78 is 0. The summed E-state index contributed by atoms with van der Waals surface area (Å²) in [7, 11) is 0. The van der Waals surface area contributed by atoms with Gasteiger partial charge in [-0.1, -0.05) is 23.7 Å². The zero-order valence-corrected chi connectivity index (χ0v) is 11.7. The predicted molar refractivity (Wildman–Crippen MR) is 79.7 cm³/mol. The molecule has 1 aliphatic rings. The molecule has 0 fully saturated rings. The van der Waals surface area contributed by atoms with Crippen molar-refractivity contribution in [2.24, 2.45) is 0 Å². The highest BCUT2D eigenvalue weighted by atomic mass is 35.5. The molecule has 1 aromatic carbocycles. The van der Waals surface area contributed by atoms with Crippen molar-refractivity contribution in [3.63, 3.8) is 0 Å². The molecule has 1 heterocycles. The van der Waals surface area contributed by atoms with Gasteiger partial charge in [-0.25, -0.2) is 0 Å². The van der Waals surface area contributed by atoms with Gasteiger partial charge in [0.1, 0.15) is 0 Å². The van der Waals surface area contributed by atoms with Crippen molar-refractivity contribution in [3.05, 3.63) is 58.4 Å². The Bertz CT molecular complexity index is 595. The molecule has 2 aromatic rings. The Kier molecular flexibility index (Phi) is 3.43. The minimum Gasteiger partial charge on any atom is -0.376 e. The molecule has 1 atom stereocenters. The second-order valence-electron chi connectivity index (χ2n) is 5.05. The first-order valence-electron chi connectivity index (χ1n) is 6.71. The van der Waals surface area contributed by atoms with Crippen LogP contribution in [0.3, 0.4) is 0 Å². The van der Waals surface area contributed by atoms with E-state index in [0.29, 0.717) is 6.04 Å². The number of fused-ring (bicyclic) bond motifs is 1. The van der Waals surface area contributed by atoms with E-state index in [1.165, 1.54) is 17.7 Å². The highest BCUT2D eigenvalue weighted by Crippen LogP contribution is 2.33. The van der Waals surface area contributed by atoms with Crippen LogP contribution < -0.4 is 5.32 Å². The lowest BCUT2D eigenvalue weighted by molar-refractivity contribution is 0.583. The number of halogens is 1. The Hall–Kier alpha value is -1.54. The van der Waals surface area contributed by atoms with Gasteiger partial charge >= 0.3 is 0 Å². The Morgan fingerprint density at radius 3 is 3.05 bits per heavy atom. The van der Waals surface area contributed by atoms with Crippen molar-refractivity contribution in [2.75, 3.05) is 5.32 Å². The highest BCUT2D eigenvalue weighted by Gasteiger charge is 2.21. The molecule has 98 valence electrons. The summed E-state index contributed by atoms with van der Waals surface area (Å²) in [6.07, 6.45) is 5.34. The molecule has 3 rings (SSSR count). The summed E-state index contributed by atoms with van der Waals surface area (Å²) in [4.78, 5) is 4.55. The summed E-state index contributed by atoms with van der Waals surface area (Å²) in [6, 6.07) is 10.5. The fourth-order valence-corrected chi connectivity index (χ4v) is 2.88. The summed E-state index contributed by atoms with van der Waals surface area (Å²) in [5.74, 6) is 0. The Labute approximate surface area is 118 Å². The summed E-state index contributed by atoms with van der Waals surface area (Å²) in [5.41, 5.74) is 4.77. The molecule has 1 aromatic heterocycles. The Balaban J connectivity index is 1.91. The van der Waals surface area contributed by atoms with E-state index < -0.39 is 0 Å². The largest absolute Gasteiger partial charge is 0.376 e. The van der Waals surface area contributed by atoms with Crippen LogP contribution in [-0.2, 0) is 6.42 Å². The van der Waals surface area contributed by atoms with Crippen molar-refractivity contribution in [1.29, 1.82) is 0 Å². The summed E-state index contributed by atoms with van der Waals surface area (Å²) in [5, 5.41) is 4.41. The third kappa shape index (κ3) is 2.45. The SMILES string of the molecule is Cc1c(Cl)cccc1NC1CCCc2cccnc21. The second kappa shape index (κ2) is 5.22. The zero-order valence-electron chi connectivity index (χ0n) is 11.0. The lowest BCUT2D eigenvalue weighted by Crippen LogP contribution is -2.19. The first-order valence-corrected chi connectivity index (χ1v) is 7.09. The minimum atomic E-state index is 0.294. The standard InChI is InChI=1S/C16H17ClN2/c1-11-13(17)7-3-8-14(11)19-15-9-2-5-12-6-4-10-18-16(12)15/h3-4,6-8,10,15,19H,2,5,9H2,1H3. The van der Waals surface area contributed by atoms with E-state index in [4.69, 9.17) is 11.6 Å². The first-order chi connectivity index (χ1) is 9.25. The van der Waals surface area contributed by atoms with Gasteiger partial charge in [0, 0.05) is 16.9 Å². The van der Waals surface area contributed by atoms with E-state index >= 15 is 0 Å². The zero-order chi connectivity index (χ0) is 13.2. The van der Waals surface area contributed by atoms with Crippen LogP contribution in [-0.4, -0.2) is 4.98 Å². The molecule has 19 heavy (non-hydrogen) atoms. The molecule has 0 bridgehead atoms. The van der Waals surface area contributed by atoms with Crippen molar-refractivity contribution in [2.45, 2.75) is 32.2 Å². The van der Waals surface area contributed by atoms with Crippen molar-refractivity contribution >= 4 is 17.3 Å². The smallest absolute Gasteiger partial charge is 0.0688 e. The summed E-state index contributed by atoms with van der Waals surface area (Å²) in [6.45, 7) is 2.05. The van der Waals surface area contributed by atoms with E-state index in [1.807, 2.05) is 31.3 Å². The van der Waals surface area contributed by atoms with Crippen LogP contribution in [0.1, 0.15) is 35.7 Å². The fraction of sp³-hybridized carbons (Fsp3) is 0.312. The van der Waals surface area contributed by atoms with E-state index in [2.05, 4.69) is 22.4 Å². The van der Waals surface area contributed by atoms with Crippen molar-refractivity contribution in [1.82, 2.24) is 4.98 Å². The molecule has 0 radical (unpaired) electrons. The minimum absolute atomic E-state index is 0.294. The molecule has 0 spiro atoms. The Morgan fingerprint density at radius 2 is 2.16 bits per heavy atom. The summed E-state index contributed by atoms with van der Waals surface area (Å²) >= 11 is 6.18. The average molecular weight is 273 g/mol. The fourth-order valence-electron chi connectivity index (χ4n) is 2.70. The van der Waals surface area contributed by atoms with Gasteiger partial charge in [-0.15, -0.1) is 0 Å². The maximum absolute atomic E-state index is 6.18. The van der Waals surface area contributed by atoms with Gasteiger partial charge in [-0.3, -0.25) is 4.98 Å². The number of rotatable bonds is 2. The molecule has 1 N–H and O–H groups in total. The monoisotopic (exact) mass is 272 g/mol. The molecule has 0 aliphatic heterocycles. The van der Waals surface area contributed by atoms with Crippen LogP contribution in [0.15, 0.2) is 36.5 Å². The highest BCUT2D eigenvalue weighted by molar-refractivity contribution is 6.31. The van der Waals surface area contributed by atoms with Gasteiger partial charge in [0.2, 0.25) is 0 Å². The van der Waals surface area contributed by atoms with Gasteiger partial charge < -0.3 is 5.32 Å². The first kappa shape index (κ1) is 12.5. The van der Waals surface area contributed by atoms with Gasteiger partial charge in [0.15, 0.2) is 0 Å². The third-order valence-electron chi connectivity index (χ3n) is 3.79. The molecule has 2 nitrogen and oxygen atoms in total. The number of benzene rings is 1. The molecule has 0 saturated carbocycles. The molecule has 3 heteroatoms. The van der Waals surface area contributed by atoms with Gasteiger partial charge in [-0.05, 0) is 55.5 Å². The van der Waals surface area contributed by atoms with Crippen molar-refractivity contribution in [3.8, 4) is 0 Å². The number of aromatic nitrogens is 1. The third-order valence-corrected chi connectivity index (χ3v) is 4.20. The van der Waals surface area contributed by atoms with Crippen LogP contribution in [0, 0.1) is 6.92 Å². The van der Waals surface area contributed by atoms with Gasteiger partial charge in [0.05, 0.1) is 11.7 Å². The Morgan fingerprint density at radius 1 is 1.26 bits per heavy atom. The van der Waals surface area contributed by atoms with Crippen LogP contribution in [0.5, 0.6) is 0 Å². The number of nitrogens with zero attached hydrogens (tertiary/aromatic N) is 1. The lowest BCUT2D eigenvalue weighted by Gasteiger charge is -2.26. The number of pyridine rings is 1. The number of nitrogens with one attached hydrogen (secondary N) is 1. The van der Waals surface area contributed by atoms with E-state index in [1.54, 1.807) is 0 Å². The van der Waals surface area contributed by atoms with Crippen molar-refractivity contribution < 1.29 is 0 Å². The van der Waals surface area contributed by atoms with Crippen LogP contribution in [0.25, 0.3) is 0 Å². The number of hydrogen-bond donors (Lipinski definition) is 1. The normalized spacial score (nSPS) is 17.9. The van der Waals surface area contributed by atoms with Crippen LogP contribution in [0.2, 0.25) is 5.02 Å². The molecule has 1 aliphatic carbocycles. The maximum atomic E-state index is 6.18. The molecule has 0 saturated heterocycles. The van der Waals surface area contributed by atoms with Crippen LogP contribution >= 0.6 is 11.6 Å². The topological polar surface area (TPSA) is 24.9 Å².